The zero-order valence-electron chi connectivity index (χ0n) is 16.4. The van der Waals surface area contributed by atoms with Gasteiger partial charge in [0.05, 0.1) is 0 Å². The van der Waals surface area contributed by atoms with Crippen molar-refractivity contribution in [3.63, 3.8) is 0 Å². The topological polar surface area (TPSA) is 75.3 Å². The van der Waals surface area contributed by atoms with Crippen LogP contribution in [0.5, 0.6) is 0 Å². The number of nitrogens with one attached hydrogen (secondary N) is 2. The lowest BCUT2D eigenvalue weighted by atomic mass is 9.97. The molecular weight excluding hydrogens is 396 g/mol. The largest absolute Gasteiger partial charge is 0.352 e. The summed E-state index contributed by atoms with van der Waals surface area (Å²) < 4.78 is 12.5. The Morgan fingerprint density at radius 3 is 2.53 bits per heavy atom. The molecule has 3 aromatic rings. The number of hydrogen-bond acceptors (Lipinski definition) is 3. The molecular formula is C24H22N2O3S. The van der Waals surface area contributed by atoms with E-state index in [-0.39, 0.29) is 11.8 Å². The number of carbonyl (C=O) groups is 2. The van der Waals surface area contributed by atoms with Crippen molar-refractivity contribution in [2.24, 2.45) is 0 Å². The summed E-state index contributed by atoms with van der Waals surface area (Å²) in [6.07, 6.45) is 0.769. The number of carbonyl (C=O) groups excluding carboxylic acids is 2. The van der Waals surface area contributed by atoms with Crippen LogP contribution in [0.25, 0.3) is 0 Å². The SMILES string of the molecule is O=C(Nc1cccc(CS(=O)Cc2ccccc2)c1)c1ccc2c(c1)C(=O)NCC2. The summed E-state index contributed by atoms with van der Waals surface area (Å²) in [5.74, 6) is 0.485. The van der Waals surface area contributed by atoms with Crippen LogP contribution in [0.1, 0.15) is 37.4 Å². The average molecular weight is 419 g/mol. The summed E-state index contributed by atoms with van der Waals surface area (Å²) in [7, 11) is -1.04. The van der Waals surface area contributed by atoms with E-state index in [0.717, 1.165) is 23.1 Å². The highest BCUT2D eigenvalue weighted by atomic mass is 32.2. The first kappa shape index (κ1) is 20.0. The minimum absolute atomic E-state index is 0.145. The maximum Gasteiger partial charge on any atom is 0.255 e. The van der Waals surface area contributed by atoms with Gasteiger partial charge in [-0.3, -0.25) is 13.8 Å². The zero-order valence-corrected chi connectivity index (χ0v) is 17.2. The molecule has 2 amide bonds. The Hall–Kier alpha value is -3.25. The van der Waals surface area contributed by atoms with Gasteiger partial charge in [0, 0.05) is 45.7 Å². The highest BCUT2D eigenvalue weighted by Gasteiger charge is 2.18. The van der Waals surface area contributed by atoms with Gasteiger partial charge in [-0.25, -0.2) is 0 Å². The van der Waals surface area contributed by atoms with E-state index in [1.54, 1.807) is 18.2 Å². The molecule has 6 heteroatoms. The van der Waals surface area contributed by atoms with Crippen LogP contribution in [0.15, 0.2) is 72.8 Å². The second-order valence-corrected chi connectivity index (χ2v) is 8.70. The van der Waals surface area contributed by atoms with Crippen molar-refractivity contribution in [3.05, 3.63) is 101 Å². The minimum atomic E-state index is -1.04. The van der Waals surface area contributed by atoms with E-state index >= 15 is 0 Å². The van der Waals surface area contributed by atoms with Gasteiger partial charge in [0.2, 0.25) is 0 Å². The molecule has 4 rings (SSSR count). The normalized spacial score (nSPS) is 13.8. The molecule has 2 N–H and O–H groups in total. The molecule has 3 aromatic carbocycles. The van der Waals surface area contributed by atoms with Crippen molar-refractivity contribution in [3.8, 4) is 0 Å². The van der Waals surface area contributed by atoms with E-state index in [1.165, 1.54) is 0 Å². The van der Waals surface area contributed by atoms with Crippen LogP contribution in [-0.2, 0) is 28.7 Å². The van der Waals surface area contributed by atoms with Gasteiger partial charge in [0.1, 0.15) is 0 Å². The maximum atomic E-state index is 12.7. The van der Waals surface area contributed by atoms with Gasteiger partial charge < -0.3 is 10.6 Å². The summed E-state index contributed by atoms with van der Waals surface area (Å²) in [5.41, 5.74) is 4.51. The van der Waals surface area contributed by atoms with Crippen LogP contribution in [0.4, 0.5) is 5.69 Å². The molecule has 152 valence electrons. The second-order valence-electron chi connectivity index (χ2n) is 7.25. The standard InChI is InChI=1S/C24H22N2O3S/c27-23(20-10-9-19-11-12-25-24(28)22(19)14-20)26-21-8-4-7-18(13-21)16-30(29)15-17-5-2-1-3-6-17/h1-10,13-14H,11-12,15-16H2,(H,25,28)(H,26,27). The van der Waals surface area contributed by atoms with Crippen molar-refractivity contribution in [2.75, 3.05) is 11.9 Å². The lowest BCUT2D eigenvalue weighted by molar-refractivity contribution is 0.0946. The fourth-order valence-electron chi connectivity index (χ4n) is 3.49. The van der Waals surface area contributed by atoms with Gasteiger partial charge in [-0.05, 0) is 47.4 Å². The Morgan fingerprint density at radius 2 is 1.70 bits per heavy atom. The lowest BCUT2D eigenvalue weighted by Gasteiger charge is -2.17. The van der Waals surface area contributed by atoms with E-state index in [9.17, 15) is 13.8 Å². The summed E-state index contributed by atoms with van der Waals surface area (Å²) in [5, 5.41) is 5.67. The lowest BCUT2D eigenvalue weighted by Crippen LogP contribution is -2.32. The molecule has 1 unspecified atom stereocenters. The quantitative estimate of drug-likeness (QED) is 0.641. The zero-order chi connectivity index (χ0) is 20.9. The Balaban J connectivity index is 1.43. The average Bonchev–Trinajstić information content (AvgIpc) is 2.74. The first-order valence-corrected chi connectivity index (χ1v) is 11.3. The molecule has 0 saturated heterocycles. The number of rotatable bonds is 6. The molecule has 1 aliphatic rings. The number of hydrogen-bond donors (Lipinski definition) is 2. The molecule has 0 aliphatic carbocycles. The van der Waals surface area contributed by atoms with Crippen LogP contribution in [0, 0.1) is 0 Å². The van der Waals surface area contributed by atoms with E-state index in [2.05, 4.69) is 10.6 Å². The molecule has 0 saturated carbocycles. The van der Waals surface area contributed by atoms with Gasteiger partial charge in [0.15, 0.2) is 0 Å². The third kappa shape index (κ3) is 4.83. The predicted octanol–water partition coefficient (Wildman–Crippen LogP) is 3.67. The van der Waals surface area contributed by atoms with Gasteiger partial charge in [-0.1, -0.05) is 48.5 Å². The molecule has 1 atom stereocenters. The van der Waals surface area contributed by atoms with E-state index in [4.69, 9.17) is 0 Å². The van der Waals surface area contributed by atoms with Gasteiger partial charge >= 0.3 is 0 Å². The summed E-state index contributed by atoms with van der Waals surface area (Å²) in [6.45, 7) is 0.621. The molecule has 0 bridgehead atoms. The monoisotopic (exact) mass is 418 g/mol. The Labute approximate surface area is 178 Å². The van der Waals surface area contributed by atoms with Crippen molar-refractivity contribution >= 4 is 28.3 Å². The number of benzene rings is 3. The first-order valence-electron chi connectivity index (χ1n) is 9.79. The van der Waals surface area contributed by atoms with Gasteiger partial charge in [-0.15, -0.1) is 0 Å². The Morgan fingerprint density at radius 1 is 0.933 bits per heavy atom. The molecule has 0 aromatic heterocycles. The smallest absolute Gasteiger partial charge is 0.255 e. The van der Waals surface area contributed by atoms with Gasteiger partial charge in [0.25, 0.3) is 11.8 Å². The predicted molar refractivity (Wildman–Crippen MR) is 119 cm³/mol. The highest BCUT2D eigenvalue weighted by Crippen LogP contribution is 2.19. The number of fused-ring (bicyclic) bond motifs is 1. The van der Waals surface area contributed by atoms with Gasteiger partial charge in [-0.2, -0.15) is 0 Å². The van der Waals surface area contributed by atoms with E-state index in [0.29, 0.717) is 34.9 Å². The fourth-order valence-corrected chi connectivity index (χ4v) is 4.71. The van der Waals surface area contributed by atoms with E-state index < -0.39 is 10.8 Å². The van der Waals surface area contributed by atoms with Crippen LogP contribution in [0.2, 0.25) is 0 Å². The Kier molecular flexibility index (Phi) is 6.05. The summed E-state index contributed by atoms with van der Waals surface area (Å²) in [6, 6.07) is 22.3. The maximum absolute atomic E-state index is 12.7. The van der Waals surface area contributed by atoms with Crippen LogP contribution >= 0.6 is 0 Å². The molecule has 1 aliphatic heterocycles. The summed E-state index contributed by atoms with van der Waals surface area (Å²) in [4.78, 5) is 24.7. The molecule has 0 fully saturated rings. The summed E-state index contributed by atoms with van der Waals surface area (Å²) >= 11 is 0. The van der Waals surface area contributed by atoms with Crippen molar-refractivity contribution in [2.45, 2.75) is 17.9 Å². The van der Waals surface area contributed by atoms with Crippen molar-refractivity contribution < 1.29 is 13.8 Å². The molecule has 0 spiro atoms. The Bertz CT molecular complexity index is 1110. The van der Waals surface area contributed by atoms with Crippen LogP contribution < -0.4 is 10.6 Å². The highest BCUT2D eigenvalue weighted by molar-refractivity contribution is 7.83. The van der Waals surface area contributed by atoms with Crippen LogP contribution in [0.3, 0.4) is 0 Å². The van der Waals surface area contributed by atoms with E-state index in [1.807, 2.05) is 54.6 Å². The fraction of sp³-hybridized carbons (Fsp3) is 0.167. The third-order valence-corrected chi connectivity index (χ3v) is 6.29. The number of amides is 2. The van der Waals surface area contributed by atoms with Crippen molar-refractivity contribution in [1.82, 2.24) is 5.32 Å². The third-order valence-electron chi connectivity index (χ3n) is 4.98. The second kappa shape index (κ2) is 9.05. The minimum Gasteiger partial charge on any atom is -0.352 e. The molecule has 0 radical (unpaired) electrons. The number of anilines is 1. The van der Waals surface area contributed by atoms with Crippen LogP contribution in [-0.4, -0.2) is 22.6 Å². The molecule has 5 nitrogen and oxygen atoms in total. The molecule has 30 heavy (non-hydrogen) atoms. The first-order chi connectivity index (χ1) is 14.6. The van der Waals surface area contributed by atoms with Crippen molar-refractivity contribution in [1.29, 1.82) is 0 Å². The molecule has 1 heterocycles.